The molecule has 0 atom stereocenters. The zero-order valence-electron chi connectivity index (χ0n) is 13.3. The first-order chi connectivity index (χ1) is 10.2. The summed E-state index contributed by atoms with van der Waals surface area (Å²) in [5, 5.41) is 3.87. The molecule has 0 radical (unpaired) electrons. The molecule has 0 aliphatic rings. The van der Waals surface area contributed by atoms with E-state index in [4.69, 9.17) is 4.52 Å². The lowest BCUT2D eigenvalue weighted by molar-refractivity contribution is 0.318. The highest BCUT2D eigenvalue weighted by Gasteiger charge is 2.22. The van der Waals surface area contributed by atoms with Gasteiger partial charge in [-0.15, -0.1) is 0 Å². The molecule has 0 amide bonds. The highest BCUT2D eigenvalue weighted by Crippen LogP contribution is 2.19. The summed E-state index contributed by atoms with van der Waals surface area (Å²) >= 11 is 0. The van der Waals surface area contributed by atoms with Gasteiger partial charge in [0.1, 0.15) is 0 Å². The van der Waals surface area contributed by atoms with E-state index in [-0.39, 0.29) is 16.9 Å². The number of benzene rings is 1. The quantitative estimate of drug-likeness (QED) is 0.911. The van der Waals surface area contributed by atoms with Crippen LogP contribution in [0, 0.1) is 6.92 Å². The first-order valence-electron chi connectivity index (χ1n) is 7.08. The molecule has 7 heteroatoms. The van der Waals surface area contributed by atoms with Gasteiger partial charge in [-0.3, -0.25) is 0 Å². The molecule has 0 saturated heterocycles. The number of hydrogen-bond acceptors (Lipinski definition) is 5. The molecular formula is C15H21N3O3S. The van der Waals surface area contributed by atoms with Crippen molar-refractivity contribution >= 4 is 10.0 Å². The minimum atomic E-state index is -3.51. The van der Waals surface area contributed by atoms with Gasteiger partial charge in [0.05, 0.1) is 4.90 Å². The molecule has 22 heavy (non-hydrogen) atoms. The molecule has 120 valence electrons. The highest BCUT2D eigenvalue weighted by atomic mass is 32.2. The van der Waals surface area contributed by atoms with Crippen molar-refractivity contribution in [2.45, 2.75) is 44.4 Å². The average molecular weight is 323 g/mol. The van der Waals surface area contributed by atoms with Crippen LogP contribution in [0.25, 0.3) is 0 Å². The molecule has 1 aromatic carbocycles. The van der Waals surface area contributed by atoms with Crippen LogP contribution in [-0.4, -0.2) is 25.1 Å². The van der Waals surface area contributed by atoms with Gasteiger partial charge < -0.3 is 4.52 Å². The van der Waals surface area contributed by atoms with Gasteiger partial charge in [0.25, 0.3) is 0 Å². The third-order valence-electron chi connectivity index (χ3n) is 3.05. The minimum Gasteiger partial charge on any atom is -0.339 e. The van der Waals surface area contributed by atoms with Crippen molar-refractivity contribution in [1.29, 1.82) is 0 Å². The fourth-order valence-electron chi connectivity index (χ4n) is 1.82. The van der Waals surface area contributed by atoms with Crippen LogP contribution in [0.3, 0.4) is 0 Å². The van der Waals surface area contributed by atoms with Crippen LogP contribution in [0.4, 0.5) is 0 Å². The second-order valence-electron chi connectivity index (χ2n) is 6.23. The fraction of sp³-hybridized carbons (Fsp3) is 0.467. The predicted molar refractivity (Wildman–Crippen MR) is 83.1 cm³/mol. The molecule has 0 unspecified atom stereocenters. The molecule has 1 N–H and O–H groups in total. The van der Waals surface area contributed by atoms with E-state index < -0.39 is 10.0 Å². The van der Waals surface area contributed by atoms with Crippen molar-refractivity contribution in [1.82, 2.24) is 14.9 Å². The molecule has 0 spiro atoms. The maximum absolute atomic E-state index is 12.2. The second-order valence-corrected chi connectivity index (χ2v) is 8.00. The number of nitrogens with one attached hydrogen (secondary N) is 1. The largest absolute Gasteiger partial charge is 0.339 e. The van der Waals surface area contributed by atoms with Gasteiger partial charge in [0, 0.05) is 18.4 Å². The summed E-state index contributed by atoms with van der Waals surface area (Å²) in [7, 11) is -3.51. The molecule has 2 rings (SSSR count). The van der Waals surface area contributed by atoms with Gasteiger partial charge in [0.2, 0.25) is 15.9 Å². The fourth-order valence-corrected chi connectivity index (χ4v) is 2.96. The van der Waals surface area contributed by atoms with Crippen LogP contribution in [0.5, 0.6) is 0 Å². The second kappa shape index (κ2) is 6.18. The van der Waals surface area contributed by atoms with Gasteiger partial charge in [-0.2, -0.15) is 4.98 Å². The Morgan fingerprint density at radius 2 is 2.00 bits per heavy atom. The molecule has 0 aliphatic carbocycles. The average Bonchev–Trinajstić information content (AvgIpc) is 2.87. The lowest BCUT2D eigenvalue weighted by Crippen LogP contribution is -2.26. The predicted octanol–water partition coefficient (Wildman–Crippen LogP) is 2.20. The van der Waals surface area contributed by atoms with Crippen LogP contribution < -0.4 is 4.72 Å². The van der Waals surface area contributed by atoms with Gasteiger partial charge in [0.15, 0.2) is 5.82 Å². The first kappa shape index (κ1) is 16.6. The smallest absolute Gasteiger partial charge is 0.240 e. The van der Waals surface area contributed by atoms with Crippen molar-refractivity contribution in [3.8, 4) is 0 Å². The zero-order chi connectivity index (χ0) is 16.4. The summed E-state index contributed by atoms with van der Waals surface area (Å²) in [5.74, 6) is 1.04. The topological polar surface area (TPSA) is 85.1 Å². The molecule has 0 saturated carbocycles. The van der Waals surface area contributed by atoms with E-state index in [2.05, 4.69) is 14.9 Å². The van der Waals surface area contributed by atoms with E-state index in [1.807, 2.05) is 33.8 Å². The normalized spacial score (nSPS) is 12.5. The van der Waals surface area contributed by atoms with Crippen molar-refractivity contribution in [3.05, 3.63) is 41.5 Å². The summed E-state index contributed by atoms with van der Waals surface area (Å²) < 4.78 is 32.1. The maximum Gasteiger partial charge on any atom is 0.240 e. The minimum absolute atomic E-state index is 0.216. The summed E-state index contributed by atoms with van der Waals surface area (Å²) in [6.45, 7) is 8.01. The third kappa shape index (κ3) is 4.14. The Hall–Kier alpha value is -1.73. The van der Waals surface area contributed by atoms with E-state index in [1.165, 1.54) is 0 Å². The number of nitrogens with zero attached hydrogens (tertiary/aromatic N) is 2. The molecule has 1 aromatic heterocycles. The Bertz CT molecular complexity index is 745. The number of rotatable bonds is 5. The van der Waals surface area contributed by atoms with Crippen LogP contribution in [0.15, 0.2) is 33.7 Å². The van der Waals surface area contributed by atoms with Crippen LogP contribution in [-0.2, 0) is 21.9 Å². The SMILES string of the molecule is Cc1cccc(S(=O)(=O)NCCc2noc(C(C)(C)C)n2)c1. The van der Waals surface area contributed by atoms with E-state index >= 15 is 0 Å². The summed E-state index contributed by atoms with van der Waals surface area (Å²) in [4.78, 5) is 4.54. The standard InChI is InChI=1S/C15H21N3O3S/c1-11-6-5-7-12(10-11)22(19,20)16-9-8-13-17-14(21-18-13)15(2,3)4/h5-7,10,16H,8-9H2,1-4H3. The van der Waals surface area contributed by atoms with Crippen molar-refractivity contribution in [2.75, 3.05) is 6.54 Å². The van der Waals surface area contributed by atoms with E-state index in [9.17, 15) is 8.42 Å². The molecule has 0 aliphatic heterocycles. The molecular weight excluding hydrogens is 302 g/mol. The molecule has 6 nitrogen and oxygen atoms in total. The van der Waals surface area contributed by atoms with E-state index in [0.29, 0.717) is 18.1 Å². The Balaban J connectivity index is 1.97. The van der Waals surface area contributed by atoms with Crippen molar-refractivity contribution in [2.24, 2.45) is 0 Å². The Labute approximate surface area is 131 Å². The highest BCUT2D eigenvalue weighted by molar-refractivity contribution is 7.89. The van der Waals surface area contributed by atoms with Gasteiger partial charge in [-0.05, 0) is 24.6 Å². The molecule has 0 bridgehead atoms. The Morgan fingerprint density at radius 1 is 1.27 bits per heavy atom. The third-order valence-corrected chi connectivity index (χ3v) is 4.51. The summed E-state index contributed by atoms with van der Waals surface area (Å²) in [6.07, 6.45) is 0.380. The first-order valence-corrected chi connectivity index (χ1v) is 8.56. The molecule has 0 fully saturated rings. The maximum atomic E-state index is 12.2. The van der Waals surface area contributed by atoms with Crippen molar-refractivity contribution in [3.63, 3.8) is 0 Å². The van der Waals surface area contributed by atoms with Gasteiger partial charge in [-0.25, -0.2) is 13.1 Å². The van der Waals surface area contributed by atoms with Gasteiger partial charge in [-0.1, -0.05) is 38.1 Å². The van der Waals surface area contributed by atoms with Crippen LogP contribution in [0.2, 0.25) is 0 Å². The van der Waals surface area contributed by atoms with E-state index in [0.717, 1.165) is 5.56 Å². The lowest BCUT2D eigenvalue weighted by atomic mass is 9.97. The van der Waals surface area contributed by atoms with E-state index in [1.54, 1.807) is 18.2 Å². The van der Waals surface area contributed by atoms with Crippen LogP contribution in [0.1, 0.15) is 38.0 Å². The number of aromatic nitrogens is 2. The van der Waals surface area contributed by atoms with Gasteiger partial charge >= 0.3 is 0 Å². The number of hydrogen-bond donors (Lipinski definition) is 1. The van der Waals surface area contributed by atoms with Crippen LogP contribution >= 0.6 is 0 Å². The number of aryl methyl sites for hydroxylation is 1. The monoisotopic (exact) mass is 323 g/mol. The lowest BCUT2D eigenvalue weighted by Gasteiger charge is -2.10. The van der Waals surface area contributed by atoms with Crippen molar-refractivity contribution < 1.29 is 12.9 Å². The number of sulfonamides is 1. The molecule has 1 heterocycles. The molecule has 2 aromatic rings. The summed E-state index contributed by atoms with van der Waals surface area (Å²) in [6, 6.07) is 6.78. The zero-order valence-corrected chi connectivity index (χ0v) is 14.1. The summed E-state index contributed by atoms with van der Waals surface area (Å²) in [5.41, 5.74) is 0.683. The Morgan fingerprint density at radius 3 is 2.59 bits per heavy atom. The Kier molecular flexibility index (Phi) is 4.67.